The molecule has 0 aromatic heterocycles. The zero-order chi connectivity index (χ0) is 21.8. The van der Waals surface area contributed by atoms with Gasteiger partial charge in [-0.3, -0.25) is 10.1 Å². The molecule has 0 aliphatic carbocycles. The van der Waals surface area contributed by atoms with Crippen LogP contribution >= 0.6 is 24.0 Å². The van der Waals surface area contributed by atoms with Gasteiger partial charge in [-0.1, -0.05) is 26.0 Å². The minimum Gasteiger partial charge on any atom is -0.376 e. The molecular weight excluding hydrogens is 509 g/mol. The molecule has 2 N–H and O–H groups in total. The zero-order valence-electron chi connectivity index (χ0n) is 19.0. The van der Waals surface area contributed by atoms with Crippen LogP contribution in [-0.4, -0.2) is 60.7 Å². The third-order valence-electron chi connectivity index (χ3n) is 5.48. The normalized spacial score (nSPS) is 17.3. The molecule has 9 heteroatoms. The fourth-order valence-electron chi connectivity index (χ4n) is 3.53. The minimum absolute atomic E-state index is 0. The van der Waals surface area contributed by atoms with Gasteiger partial charge in [-0.2, -0.15) is 0 Å². The predicted molar refractivity (Wildman–Crippen MR) is 136 cm³/mol. The second-order valence-corrected chi connectivity index (χ2v) is 7.82. The van der Waals surface area contributed by atoms with E-state index in [1.54, 1.807) is 12.1 Å². The lowest BCUT2D eigenvalue weighted by Gasteiger charge is -2.22. The number of benzene rings is 1. The lowest BCUT2D eigenvalue weighted by molar-refractivity contribution is -0.384. The van der Waals surface area contributed by atoms with E-state index < -0.39 is 0 Å². The maximum atomic E-state index is 10.8. The minimum atomic E-state index is -0.386. The number of aliphatic imine (C=N–C) groups is 1. The van der Waals surface area contributed by atoms with Crippen LogP contribution in [0.1, 0.15) is 52.0 Å². The highest BCUT2D eigenvalue weighted by atomic mass is 127. The van der Waals surface area contributed by atoms with Crippen molar-refractivity contribution in [1.82, 2.24) is 15.5 Å². The van der Waals surface area contributed by atoms with E-state index in [4.69, 9.17) is 9.73 Å². The maximum absolute atomic E-state index is 10.8. The summed E-state index contributed by atoms with van der Waals surface area (Å²) in [7, 11) is 0. The number of guanidine groups is 1. The fraction of sp³-hybridized carbons (Fsp3) is 0.682. The van der Waals surface area contributed by atoms with E-state index >= 15 is 0 Å². The molecule has 1 heterocycles. The number of halogens is 1. The van der Waals surface area contributed by atoms with Crippen LogP contribution in [0.4, 0.5) is 5.69 Å². The third-order valence-corrected chi connectivity index (χ3v) is 5.48. The van der Waals surface area contributed by atoms with Gasteiger partial charge < -0.3 is 20.3 Å². The fourth-order valence-corrected chi connectivity index (χ4v) is 3.53. The van der Waals surface area contributed by atoms with Gasteiger partial charge in [-0.05, 0) is 57.8 Å². The number of nitrogens with zero attached hydrogens (tertiary/aromatic N) is 3. The van der Waals surface area contributed by atoms with Crippen LogP contribution in [0.3, 0.4) is 0 Å². The summed E-state index contributed by atoms with van der Waals surface area (Å²) < 4.78 is 5.71. The van der Waals surface area contributed by atoms with Gasteiger partial charge in [0.1, 0.15) is 0 Å². The average molecular weight is 547 g/mol. The van der Waals surface area contributed by atoms with Crippen LogP contribution in [0, 0.1) is 10.1 Å². The Bertz CT molecular complexity index is 662. The van der Waals surface area contributed by atoms with Gasteiger partial charge in [-0.25, -0.2) is 4.99 Å². The summed E-state index contributed by atoms with van der Waals surface area (Å²) in [5.74, 6) is 0.763. The Kier molecular flexibility index (Phi) is 13.7. The number of hydrogen-bond acceptors (Lipinski definition) is 5. The van der Waals surface area contributed by atoms with Crippen LogP contribution in [0.15, 0.2) is 29.3 Å². The molecule has 8 nitrogen and oxygen atoms in total. The Morgan fingerprint density at radius 2 is 2.03 bits per heavy atom. The van der Waals surface area contributed by atoms with Gasteiger partial charge in [0.2, 0.25) is 0 Å². The average Bonchev–Trinajstić information content (AvgIpc) is 3.27. The number of rotatable bonds is 12. The van der Waals surface area contributed by atoms with E-state index in [0.29, 0.717) is 12.6 Å². The number of nitrogens with one attached hydrogen (secondary N) is 2. The lowest BCUT2D eigenvalue weighted by atomic mass is 10.1. The highest BCUT2D eigenvalue weighted by Gasteiger charge is 2.16. The highest BCUT2D eigenvalue weighted by molar-refractivity contribution is 14.0. The molecule has 2 atom stereocenters. The summed E-state index contributed by atoms with van der Waals surface area (Å²) >= 11 is 0. The standard InChI is InChI=1S/C22H37N5O3.HI/c1-4-26(5-2)14-6-8-18(3)25-22(24-17-21-9-7-15-30-21)23-16-19-10-12-20(13-11-19)27(28)29;/h10-13,18,21H,4-9,14-17H2,1-3H3,(H2,23,24,25);1H. The lowest BCUT2D eigenvalue weighted by Crippen LogP contribution is -2.45. The first-order valence-electron chi connectivity index (χ1n) is 11.1. The van der Waals surface area contributed by atoms with Crippen molar-refractivity contribution in [3.05, 3.63) is 39.9 Å². The Morgan fingerprint density at radius 3 is 2.61 bits per heavy atom. The van der Waals surface area contributed by atoms with Crippen molar-refractivity contribution in [3.8, 4) is 0 Å². The Morgan fingerprint density at radius 1 is 1.32 bits per heavy atom. The van der Waals surface area contributed by atoms with Crippen molar-refractivity contribution in [2.45, 2.75) is 65.1 Å². The summed E-state index contributed by atoms with van der Waals surface area (Å²) in [5, 5.41) is 17.7. The monoisotopic (exact) mass is 547 g/mol. The molecule has 1 aliphatic heterocycles. The van der Waals surface area contributed by atoms with Gasteiger partial charge >= 0.3 is 0 Å². The van der Waals surface area contributed by atoms with E-state index in [2.05, 4.69) is 36.3 Å². The zero-order valence-corrected chi connectivity index (χ0v) is 21.3. The van der Waals surface area contributed by atoms with Gasteiger partial charge in [0.05, 0.1) is 17.6 Å². The van der Waals surface area contributed by atoms with Crippen LogP contribution < -0.4 is 10.6 Å². The smallest absolute Gasteiger partial charge is 0.269 e. The van der Waals surface area contributed by atoms with Gasteiger partial charge in [0.25, 0.3) is 5.69 Å². The van der Waals surface area contributed by atoms with Crippen molar-refractivity contribution in [1.29, 1.82) is 0 Å². The molecule has 1 aromatic carbocycles. The number of ether oxygens (including phenoxy) is 1. The van der Waals surface area contributed by atoms with Crippen LogP contribution in [0.2, 0.25) is 0 Å². The molecule has 0 radical (unpaired) electrons. The molecular formula is C22H38IN5O3. The topological polar surface area (TPSA) is 92.0 Å². The summed E-state index contributed by atoms with van der Waals surface area (Å²) in [6.45, 7) is 11.9. The van der Waals surface area contributed by atoms with Crippen LogP contribution in [0.5, 0.6) is 0 Å². The first-order chi connectivity index (χ1) is 14.5. The SMILES string of the molecule is CCN(CC)CCCC(C)NC(=NCc1ccc([N+](=O)[O-])cc1)NCC1CCCO1.I. The second-order valence-electron chi connectivity index (χ2n) is 7.82. The molecule has 0 spiro atoms. The van der Waals surface area contributed by atoms with Gasteiger partial charge in [-0.15, -0.1) is 24.0 Å². The molecule has 0 amide bonds. The van der Waals surface area contributed by atoms with Gasteiger partial charge in [0, 0.05) is 31.3 Å². The highest BCUT2D eigenvalue weighted by Crippen LogP contribution is 2.13. The summed E-state index contributed by atoms with van der Waals surface area (Å²) in [6.07, 6.45) is 4.61. The van der Waals surface area contributed by atoms with E-state index in [1.807, 2.05) is 0 Å². The molecule has 1 aliphatic rings. The van der Waals surface area contributed by atoms with Crippen molar-refractivity contribution in [2.75, 3.05) is 32.8 Å². The largest absolute Gasteiger partial charge is 0.376 e. The summed E-state index contributed by atoms with van der Waals surface area (Å²) in [6, 6.07) is 6.86. The number of non-ortho nitro benzene ring substituents is 1. The molecule has 2 unspecified atom stereocenters. The third kappa shape index (κ3) is 10.6. The van der Waals surface area contributed by atoms with E-state index in [1.165, 1.54) is 12.1 Å². The number of nitro groups is 1. The molecule has 1 saturated heterocycles. The maximum Gasteiger partial charge on any atom is 0.269 e. The van der Waals surface area contributed by atoms with Crippen molar-refractivity contribution < 1.29 is 9.66 Å². The molecule has 2 rings (SSSR count). The second kappa shape index (κ2) is 15.4. The van der Waals surface area contributed by atoms with Crippen molar-refractivity contribution in [3.63, 3.8) is 0 Å². The molecule has 176 valence electrons. The molecule has 31 heavy (non-hydrogen) atoms. The number of hydrogen-bond donors (Lipinski definition) is 2. The summed E-state index contributed by atoms with van der Waals surface area (Å²) in [5.41, 5.74) is 1.03. The number of nitro benzene ring substituents is 1. The Balaban J connectivity index is 0.00000480. The molecule has 0 saturated carbocycles. The van der Waals surface area contributed by atoms with Crippen LogP contribution in [0.25, 0.3) is 0 Å². The van der Waals surface area contributed by atoms with Crippen molar-refractivity contribution >= 4 is 35.6 Å². The van der Waals surface area contributed by atoms with Crippen LogP contribution in [-0.2, 0) is 11.3 Å². The Labute approximate surface area is 203 Å². The molecule has 1 aromatic rings. The van der Waals surface area contributed by atoms with Gasteiger partial charge in [0.15, 0.2) is 5.96 Å². The quantitative estimate of drug-likeness (QED) is 0.136. The predicted octanol–water partition coefficient (Wildman–Crippen LogP) is 3.94. The first kappa shape index (κ1) is 27.6. The first-order valence-corrected chi connectivity index (χ1v) is 11.1. The molecule has 0 bridgehead atoms. The van der Waals surface area contributed by atoms with Crippen molar-refractivity contribution in [2.24, 2.45) is 4.99 Å². The van der Waals surface area contributed by atoms with E-state index in [9.17, 15) is 10.1 Å². The molecule has 1 fully saturated rings. The van der Waals surface area contributed by atoms with E-state index in [-0.39, 0.29) is 40.7 Å². The summed E-state index contributed by atoms with van der Waals surface area (Å²) in [4.78, 5) is 17.6. The van der Waals surface area contributed by atoms with E-state index in [0.717, 1.165) is 70.0 Å². The Hall–Kier alpha value is -1.46.